The smallest absolute Gasteiger partial charge is 0.368 e. The number of aryl methyl sites for hydroxylation is 3. The summed E-state index contributed by atoms with van der Waals surface area (Å²) in [7, 11) is 1.59. The summed E-state index contributed by atoms with van der Waals surface area (Å²) in [4.78, 5) is 21.5. The van der Waals surface area contributed by atoms with E-state index in [1.165, 1.54) is 14.9 Å². The molecule has 5 rings (SSSR count). The highest BCUT2D eigenvalue weighted by Crippen LogP contribution is 2.43. The van der Waals surface area contributed by atoms with E-state index in [1.807, 2.05) is 43.3 Å². The van der Waals surface area contributed by atoms with Crippen LogP contribution in [0.1, 0.15) is 48.1 Å². The lowest BCUT2D eigenvalue weighted by Crippen LogP contribution is -2.23. The maximum atomic E-state index is 12.5. The number of nitrogens with zero attached hydrogens (tertiary/aromatic N) is 6. The van der Waals surface area contributed by atoms with Gasteiger partial charge >= 0.3 is 5.69 Å². The molecule has 0 radical (unpaired) electrons. The summed E-state index contributed by atoms with van der Waals surface area (Å²) in [6.07, 6.45) is 4.96. The fourth-order valence-corrected chi connectivity index (χ4v) is 4.02. The molecule has 1 saturated carbocycles. The maximum absolute atomic E-state index is 12.5. The van der Waals surface area contributed by atoms with E-state index in [4.69, 9.17) is 4.74 Å². The van der Waals surface area contributed by atoms with Crippen LogP contribution in [-0.4, -0.2) is 29.8 Å². The van der Waals surface area contributed by atoms with Gasteiger partial charge in [-0.2, -0.15) is 9.36 Å². The molecule has 8 nitrogen and oxygen atoms in total. The minimum absolute atomic E-state index is 0.279. The molecular formula is C25H26N6O2. The molecule has 1 fully saturated rings. The van der Waals surface area contributed by atoms with Crippen LogP contribution >= 0.6 is 0 Å². The Morgan fingerprint density at radius 2 is 1.97 bits per heavy atom. The van der Waals surface area contributed by atoms with Gasteiger partial charge in [0.05, 0.1) is 5.69 Å². The molecule has 1 aliphatic carbocycles. The van der Waals surface area contributed by atoms with Gasteiger partial charge in [-0.25, -0.2) is 14.8 Å². The van der Waals surface area contributed by atoms with Gasteiger partial charge in [0.15, 0.2) is 5.82 Å². The summed E-state index contributed by atoms with van der Waals surface area (Å²) in [5, 5.41) is 7.92. The third kappa shape index (κ3) is 4.16. The highest BCUT2D eigenvalue weighted by atomic mass is 16.5. The van der Waals surface area contributed by atoms with Gasteiger partial charge < -0.3 is 4.74 Å². The monoisotopic (exact) mass is 442 g/mol. The van der Waals surface area contributed by atoms with Crippen molar-refractivity contribution in [3.8, 4) is 22.8 Å². The zero-order chi connectivity index (χ0) is 22.9. The number of tetrazole rings is 1. The van der Waals surface area contributed by atoms with Crippen LogP contribution in [-0.2, 0) is 20.1 Å². The van der Waals surface area contributed by atoms with Gasteiger partial charge in [-0.3, -0.25) is 0 Å². The van der Waals surface area contributed by atoms with Gasteiger partial charge in [0.1, 0.15) is 12.4 Å². The maximum Gasteiger partial charge on any atom is 0.368 e. The predicted molar refractivity (Wildman–Crippen MR) is 124 cm³/mol. The number of hydrogen-bond acceptors (Lipinski definition) is 6. The summed E-state index contributed by atoms with van der Waals surface area (Å²) < 4.78 is 8.85. The van der Waals surface area contributed by atoms with Crippen molar-refractivity contribution in [3.63, 3.8) is 0 Å². The molecular weight excluding hydrogens is 416 g/mol. The quantitative estimate of drug-likeness (QED) is 0.433. The Morgan fingerprint density at radius 1 is 1.12 bits per heavy atom. The number of rotatable bonds is 7. The van der Waals surface area contributed by atoms with Crippen molar-refractivity contribution in [1.82, 2.24) is 29.8 Å². The molecule has 0 atom stereocenters. The van der Waals surface area contributed by atoms with Crippen LogP contribution in [0, 0.1) is 6.92 Å². The van der Waals surface area contributed by atoms with Gasteiger partial charge in [-0.05, 0) is 84.0 Å². The van der Waals surface area contributed by atoms with Gasteiger partial charge in [0.2, 0.25) is 0 Å². The summed E-state index contributed by atoms with van der Waals surface area (Å²) in [6.45, 7) is 4.44. The van der Waals surface area contributed by atoms with E-state index in [0.29, 0.717) is 18.3 Å². The Hall–Kier alpha value is -3.81. The minimum Gasteiger partial charge on any atom is -0.489 e. The van der Waals surface area contributed by atoms with Crippen LogP contribution in [0.15, 0.2) is 53.5 Å². The van der Waals surface area contributed by atoms with Crippen molar-refractivity contribution in [2.45, 2.75) is 45.6 Å². The van der Waals surface area contributed by atoms with E-state index in [-0.39, 0.29) is 5.69 Å². The second-order valence-electron chi connectivity index (χ2n) is 8.41. The van der Waals surface area contributed by atoms with Crippen molar-refractivity contribution in [2.24, 2.45) is 7.05 Å². The molecule has 8 heteroatoms. The summed E-state index contributed by atoms with van der Waals surface area (Å²) >= 11 is 0. The van der Waals surface area contributed by atoms with Gasteiger partial charge in [0.25, 0.3) is 0 Å². The number of hydrogen-bond donors (Lipinski definition) is 0. The fraction of sp³-hybridized carbons (Fsp3) is 0.320. The largest absolute Gasteiger partial charge is 0.489 e. The van der Waals surface area contributed by atoms with Crippen LogP contribution in [0.3, 0.4) is 0 Å². The number of ether oxygens (including phenoxy) is 1. The average molecular weight is 443 g/mol. The molecule has 2 heterocycles. The van der Waals surface area contributed by atoms with Crippen LogP contribution in [0.25, 0.3) is 17.1 Å². The van der Waals surface area contributed by atoms with Crippen LogP contribution < -0.4 is 10.4 Å². The van der Waals surface area contributed by atoms with Crippen LogP contribution in [0.2, 0.25) is 0 Å². The molecule has 2 aromatic heterocycles. The Labute approximate surface area is 191 Å². The van der Waals surface area contributed by atoms with E-state index in [2.05, 4.69) is 33.4 Å². The van der Waals surface area contributed by atoms with E-state index >= 15 is 0 Å². The molecule has 0 bridgehead atoms. The lowest BCUT2D eigenvalue weighted by atomic mass is 10.0. The van der Waals surface area contributed by atoms with Crippen LogP contribution in [0.4, 0.5) is 0 Å². The van der Waals surface area contributed by atoms with E-state index < -0.39 is 0 Å². The first-order valence-electron chi connectivity index (χ1n) is 11.2. The van der Waals surface area contributed by atoms with Crippen molar-refractivity contribution in [1.29, 1.82) is 0 Å². The fourth-order valence-electron chi connectivity index (χ4n) is 4.02. The summed E-state index contributed by atoms with van der Waals surface area (Å²) in [5.74, 6) is 2.00. The normalized spacial score (nSPS) is 13.3. The molecule has 0 aliphatic heterocycles. The first-order valence-corrected chi connectivity index (χ1v) is 11.2. The first-order chi connectivity index (χ1) is 16.0. The number of benzene rings is 2. The third-order valence-electron chi connectivity index (χ3n) is 6.04. The zero-order valence-corrected chi connectivity index (χ0v) is 19.0. The predicted octanol–water partition coefficient (Wildman–Crippen LogP) is 3.75. The minimum atomic E-state index is -0.279. The van der Waals surface area contributed by atoms with E-state index in [0.717, 1.165) is 53.1 Å². The van der Waals surface area contributed by atoms with Crippen molar-refractivity contribution < 1.29 is 4.74 Å². The highest BCUT2D eigenvalue weighted by Gasteiger charge is 2.28. The lowest BCUT2D eigenvalue weighted by Gasteiger charge is -2.16. The molecule has 1 aliphatic rings. The molecule has 2 aromatic carbocycles. The second kappa shape index (κ2) is 8.61. The molecule has 0 N–H and O–H groups in total. The number of aromatic nitrogens is 6. The third-order valence-corrected chi connectivity index (χ3v) is 6.04. The lowest BCUT2D eigenvalue weighted by molar-refractivity contribution is 0.302. The topological polar surface area (TPSA) is 87.7 Å². The zero-order valence-electron chi connectivity index (χ0n) is 19.0. The molecule has 0 spiro atoms. The van der Waals surface area contributed by atoms with Crippen molar-refractivity contribution >= 4 is 0 Å². The Kier molecular flexibility index (Phi) is 5.50. The van der Waals surface area contributed by atoms with Gasteiger partial charge in [-0.15, -0.1) is 0 Å². The van der Waals surface area contributed by atoms with Gasteiger partial charge in [0, 0.05) is 30.1 Å². The Morgan fingerprint density at radius 3 is 2.67 bits per heavy atom. The second-order valence-corrected chi connectivity index (χ2v) is 8.41. The van der Waals surface area contributed by atoms with E-state index in [9.17, 15) is 4.79 Å². The molecule has 168 valence electrons. The molecule has 4 aromatic rings. The molecule has 0 saturated heterocycles. The average Bonchev–Trinajstić information content (AvgIpc) is 3.63. The Bertz CT molecular complexity index is 1370. The molecule has 0 unspecified atom stereocenters. The summed E-state index contributed by atoms with van der Waals surface area (Å²) in [6, 6.07) is 13.9. The first kappa shape index (κ1) is 21.1. The molecule has 0 amide bonds. The summed E-state index contributed by atoms with van der Waals surface area (Å²) in [5.41, 5.74) is 5.60. The highest BCUT2D eigenvalue weighted by molar-refractivity contribution is 5.58. The Balaban J connectivity index is 1.45. The van der Waals surface area contributed by atoms with Crippen molar-refractivity contribution in [2.75, 3.05) is 0 Å². The van der Waals surface area contributed by atoms with Crippen molar-refractivity contribution in [3.05, 3.63) is 81.5 Å². The molecule has 33 heavy (non-hydrogen) atoms. The SMILES string of the molecule is CCc1ccnc(-c2ccc(OCc3c(C4CC4)cccc3-n3nnn(C)c3=O)c(C)c2)n1. The van der Waals surface area contributed by atoms with Crippen LogP contribution in [0.5, 0.6) is 5.75 Å². The standard InChI is InChI=1S/C25H26N6O2/c1-4-19-12-13-26-24(27-19)18-10-11-23(16(2)14-18)33-15-21-20(17-8-9-17)6-5-7-22(21)31-25(32)30(3)28-29-31/h5-7,10-14,17H,4,8-9,15H2,1-3H3. The van der Waals surface area contributed by atoms with E-state index in [1.54, 1.807) is 13.2 Å². The van der Waals surface area contributed by atoms with Gasteiger partial charge in [-0.1, -0.05) is 19.1 Å².